The van der Waals surface area contributed by atoms with Crippen molar-refractivity contribution in [3.63, 3.8) is 0 Å². The molecule has 1 rings (SSSR count). The van der Waals surface area contributed by atoms with E-state index >= 15 is 0 Å². The smallest absolute Gasteiger partial charge is 0.448 e. The van der Waals surface area contributed by atoms with Gasteiger partial charge in [-0.2, -0.15) is 13.2 Å². The summed E-state index contributed by atoms with van der Waals surface area (Å²) in [6.07, 6.45) is -3.70. The zero-order valence-electron chi connectivity index (χ0n) is 10.5. The summed E-state index contributed by atoms with van der Waals surface area (Å²) in [6, 6.07) is 2.95. The Hall–Kier alpha value is -1.83. The molecule has 1 aromatic heterocycles. The predicted octanol–water partition coefficient (Wildman–Crippen LogP) is 1.88. The van der Waals surface area contributed by atoms with Gasteiger partial charge in [-0.05, 0) is 24.6 Å². The first-order valence-electron chi connectivity index (χ1n) is 5.18. The van der Waals surface area contributed by atoms with E-state index in [4.69, 9.17) is 0 Å². The lowest BCUT2D eigenvalue weighted by molar-refractivity contribution is -0.259. The third-order valence-electron chi connectivity index (χ3n) is 2.40. The maximum absolute atomic E-state index is 13.1. The van der Waals surface area contributed by atoms with Crippen LogP contribution in [-0.4, -0.2) is 37.1 Å². The maximum atomic E-state index is 13.1. The fourth-order valence-electron chi connectivity index (χ4n) is 1.42. The fraction of sp³-hybridized carbons (Fsp3) is 0.455. The van der Waals surface area contributed by atoms with Crippen LogP contribution in [0, 0.1) is 6.92 Å². The molecule has 0 bridgehead atoms. The van der Waals surface area contributed by atoms with Gasteiger partial charge in [-0.3, -0.25) is 0 Å². The van der Waals surface area contributed by atoms with Crippen LogP contribution in [-0.2, 0) is 14.3 Å². The molecule has 0 amide bonds. The van der Waals surface area contributed by atoms with E-state index in [1.54, 1.807) is 13.0 Å². The fourth-order valence-corrected chi connectivity index (χ4v) is 1.42. The Morgan fingerprint density at radius 2 is 2.00 bits per heavy atom. The molecule has 19 heavy (non-hydrogen) atoms. The second kappa shape index (κ2) is 5.43. The van der Waals surface area contributed by atoms with Gasteiger partial charge in [-0.25, -0.2) is 9.78 Å². The second-order valence-corrected chi connectivity index (χ2v) is 3.72. The van der Waals surface area contributed by atoms with Crippen LogP contribution in [0.4, 0.5) is 19.0 Å². The molecule has 0 saturated heterocycles. The predicted molar refractivity (Wildman–Crippen MR) is 60.4 cm³/mol. The standard InChI is InChI=1S/C11H13F3N2O3/c1-7-4-5-15-8(6-7)16-10(19-3,9(17)18-2)11(12,13)14/h4-6H,1-3H3,(H,15,16)/t10-/m1/s1. The maximum Gasteiger partial charge on any atom is 0.448 e. The Kier molecular flexibility index (Phi) is 4.35. The lowest BCUT2D eigenvalue weighted by atomic mass is 10.2. The number of alkyl halides is 3. The zero-order chi connectivity index (χ0) is 14.7. The number of ether oxygens (including phenoxy) is 2. The molecular formula is C11H13F3N2O3. The topological polar surface area (TPSA) is 60.5 Å². The molecular weight excluding hydrogens is 265 g/mol. The van der Waals surface area contributed by atoms with Crippen LogP contribution in [0.15, 0.2) is 18.3 Å². The van der Waals surface area contributed by atoms with Crippen LogP contribution in [0.25, 0.3) is 0 Å². The second-order valence-electron chi connectivity index (χ2n) is 3.72. The third kappa shape index (κ3) is 2.95. The third-order valence-corrected chi connectivity index (χ3v) is 2.40. The molecule has 0 spiro atoms. The Labute approximate surface area is 107 Å². The van der Waals surface area contributed by atoms with Crippen molar-refractivity contribution in [3.05, 3.63) is 23.9 Å². The van der Waals surface area contributed by atoms with Crippen molar-refractivity contribution in [1.29, 1.82) is 0 Å². The number of rotatable bonds is 4. The van der Waals surface area contributed by atoms with Crippen molar-refractivity contribution in [2.75, 3.05) is 19.5 Å². The SMILES string of the molecule is COC(=O)[C@@](Nc1cc(C)ccn1)(OC)C(F)(F)F. The number of carbonyl (C=O) groups excluding carboxylic acids is 1. The quantitative estimate of drug-likeness (QED) is 0.673. The number of aryl methyl sites for hydroxylation is 1. The monoisotopic (exact) mass is 278 g/mol. The molecule has 106 valence electrons. The minimum absolute atomic E-state index is 0.149. The average molecular weight is 278 g/mol. The van der Waals surface area contributed by atoms with Gasteiger partial charge in [0, 0.05) is 13.3 Å². The molecule has 5 nitrogen and oxygen atoms in total. The van der Waals surface area contributed by atoms with Gasteiger partial charge in [0.2, 0.25) is 0 Å². The number of halogens is 3. The summed E-state index contributed by atoms with van der Waals surface area (Å²) in [7, 11) is 1.60. The lowest BCUT2D eigenvalue weighted by Crippen LogP contribution is -2.60. The first-order valence-corrected chi connectivity index (χ1v) is 5.18. The van der Waals surface area contributed by atoms with E-state index in [2.05, 4.69) is 14.5 Å². The minimum Gasteiger partial charge on any atom is -0.465 e. The van der Waals surface area contributed by atoms with Crippen LogP contribution in [0.3, 0.4) is 0 Å². The van der Waals surface area contributed by atoms with E-state index in [1.807, 2.05) is 5.32 Å². The van der Waals surface area contributed by atoms with E-state index in [0.717, 1.165) is 14.2 Å². The Bertz CT molecular complexity index is 465. The van der Waals surface area contributed by atoms with Crippen LogP contribution in [0.2, 0.25) is 0 Å². The van der Waals surface area contributed by atoms with E-state index < -0.39 is 17.9 Å². The molecule has 8 heteroatoms. The molecule has 0 radical (unpaired) electrons. The molecule has 0 saturated carbocycles. The van der Waals surface area contributed by atoms with E-state index in [9.17, 15) is 18.0 Å². The van der Waals surface area contributed by atoms with E-state index in [0.29, 0.717) is 5.56 Å². The number of nitrogens with one attached hydrogen (secondary N) is 1. The van der Waals surface area contributed by atoms with E-state index in [1.165, 1.54) is 12.3 Å². The summed E-state index contributed by atoms with van der Waals surface area (Å²) >= 11 is 0. The van der Waals surface area contributed by atoms with Crippen molar-refractivity contribution in [2.24, 2.45) is 0 Å². The number of aromatic nitrogens is 1. The van der Waals surface area contributed by atoms with Gasteiger partial charge in [0.1, 0.15) is 5.82 Å². The van der Waals surface area contributed by atoms with Crippen LogP contribution >= 0.6 is 0 Å². The molecule has 0 fully saturated rings. The highest BCUT2D eigenvalue weighted by molar-refractivity contribution is 5.83. The Morgan fingerprint density at radius 1 is 1.37 bits per heavy atom. The van der Waals surface area contributed by atoms with Gasteiger partial charge in [-0.15, -0.1) is 0 Å². The van der Waals surface area contributed by atoms with Crippen molar-refractivity contribution < 1.29 is 27.4 Å². The number of hydrogen-bond donors (Lipinski definition) is 1. The number of carbonyl (C=O) groups is 1. The number of pyridine rings is 1. The van der Waals surface area contributed by atoms with Crippen LogP contribution < -0.4 is 5.32 Å². The van der Waals surface area contributed by atoms with Gasteiger partial charge >= 0.3 is 17.9 Å². The Balaban J connectivity index is 3.21. The summed E-state index contributed by atoms with van der Waals surface area (Å²) in [6.45, 7) is 1.67. The molecule has 1 N–H and O–H groups in total. The zero-order valence-corrected chi connectivity index (χ0v) is 10.5. The average Bonchev–Trinajstić information content (AvgIpc) is 2.33. The van der Waals surface area contributed by atoms with Crippen LogP contribution in [0.1, 0.15) is 5.56 Å². The van der Waals surface area contributed by atoms with Gasteiger partial charge in [0.05, 0.1) is 7.11 Å². The molecule has 0 unspecified atom stereocenters. The summed E-state index contributed by atoms with van der Waals surface area (Å²) in [4.78, 5) is 15.1. The van der Waals surface area contributed by atoms with Gasteiger partial charge in [-0.1, -0.05) is 0 Å². The highest BCUT2D eigenvalue weighted by Gasteiger charge is 2.63. The summed E-state index contributed by atoms with van der Waals surface area (Å²) in [5, 5.41) is 1.94. The van der Waals surface area contributed by atoms with Crippen molar-refractivity contribution in [3.8, 4) is 0 Å². The van der Waals surface area contributed by atoms with Gasteiger partial charge in [0.15, 0.2) is 0 Å². The highest BCUT2D eigenvalue weighted by atomic mass is 19.4. The van der Waals surface area contributed by atoms with Crippen molar-refractivity contribution >= 4 is 11.8 Å². The van der Waals surface area contributed by atoms with Gasteiger partial charge < -0.3 is 14.8 Å². The molecule has 0 aliphatic rings. The summed E-state index contributed by atoms with van der Waals surface area (Å²) in [5.41, 5.74) is -2.61. The first kappa shape index (κ1) is 15.2. The normalized spacial score (nSPS) is 14.6. The number of methoxy groups -OCH3 is 2. The van der Waals surface area contributed by atoms with Crippen LogP contribution in [0.5, 0.6) is 0 Å². The highest BCUT2D eigenvalue weighted by Crippen LogP contribution is 2.35. The van der Waals surface area contributed by atoms with E-state index in [-0.39, 0.29) is 5.82 Å². The molecule has 0 aromatic carbocycles. The molecule has 1 atom stereocenters. The lowest BCUT2D eigenvalue weighted by Gasteiger charge is -2.32. The number of anilines is 1. The van der Waals surface area contributed by atoms with Gasteiger partial charge in [0.25, 0.3) is 0 Å². The minimum atomic E-state index is -5.01. The number of hydrogen-bond acceptors (Lipinski definition) is 5. The number of esters is 1. The molecule has 1 heterocycles. The van der Waals surface area contributed by atoms with Crippen molar-refractivity contribution in [2.45, 2.75) is 18.8 Å². The molecule has 0 aliphatic carbocycles. The number of nitrogens with zero attached hydrogens (tertiary/aromatic N) is 1. The molecule has 1 aromatic rings. The summed E-state index contributed by atoms with van der Waals surface area (Å²) in [5.74, 6) is -1.75. The Morgan fingerprint density at radius 3 is 2.42 bits per heavy atom. The van der Waals surface area contributed by atoms with Crippen molar-refractivity contribution in [1.82, 2.24) is 4.98 Å². The largest absolute Gasteiger partial charge is 0.465 e. The summed E-state index contributed by atoms with van der Waals surface area (Å²) < 4.78 is 47.8. The first-order chi connectivity index (χ1) is 8.76. The molecule has 0 aliphatic heterocycles.